The van der Waals surface area contributed by atoms with Crippen molar-refractivity contribution < 1.29 is 24.0 Å². The van der Waals surface area contributed by atoms with Crippen LogP contribution in [0.4, 0.5) is 5.82 Å². The number of nitrogens with one attached hydrogen (secondary N) is 1. The van der Waals surface area contributed by atoms with E-state index in [4.69, 9.17) is 9.26 Å². The van der Waals surface area contributed by atoms with E-state index < -0.39 is 6.10 Å². The van der Waals surface area contributed by atoms with Crippen molar-refractivity contribution in [1.82, 2.24) is 10.1 Å². The minimum absolute atomic E-state index is 0.131. The highest BCUT2D eigenvalue weighted by atomic mass is 32.2. The van der Waals surface area contributed by atoms with Crippen molar-refractivity contribution in [2.75, 3.05) is 44.1 Å². The number of methoxy groups -OCH3 is 1. The molecule has 1 heterocycles. The fraction of sp³-hybridized carbons (Fsp3) is 0.615. The maximum Gasteiger partial charge on any atom is 0.235 e. The van der Waals surface area contributed by atoms with Crippen LogP contribution in [0.15, 0.2) is 10.6 Å². The van der Waals surface area contributed by atoms with Crippen LogP contribution in [-0.4, -0.2) is 71.9 Å². The number of carbonyl (C=O) groups is 2. The van der Waals surface area contributed by atoms with Gasteiger partial charge in [-0.2, -0.15) is 0 Å². The van der Waals surface area contributed by atoms with Crippen molar-refractivity contribution in [3.05, 3.63) is 11.8 Å². The molecule has 9 heteroatoms. The number of likely N-dealkylation sites (N-methyl/N-ethyl adjacent to an activating group) is 1. The van der Waals surface area contributed by atoms with Crippen LogP contribution in [0, 0.1) is 6.92 Å². The van der Waals surface area contributed by atoms with Gasteiger partial charge in [-0.05, 0) is 6.92 Å². The van der Waals surface area contributed by atoms with Crippen molar-refractivity contribution in [3.63, 3.8) is 0 Å². The Morgan fingerprint density at radius 1 is 1.55 bits per heavy atom. The Bertz CT molecular complexity index is 494. The summed E-state index contributed by atoms with van der Waals surface area (Å²) in [6.07, 6.45) is -0.720. The Labute approximate surface area is 133 Å². The van der Waals surface area contributed by atoms with Crippen molar-refractivity contribution in [3.8, 4) is 0 Å². The molecule has 8 nitrogen and oxygen atoms in total. The van der Waals surface area contributed by atoms with Gasteiger partial charge in [0, 0.05) is 26.8 Å². The molecule has 0 unspecified atom stereocenters. The largest absolute Gasteiger partial charge is 0.389 e. The number of aromatic nitrogens is 1. The molecule has 1 aromatic rings. The van der Waals surface area contributed by atoms with Gasteiger partial charge in [0.05, 0.1) is 24.2 Å². The number of aliphatic hydroxyl groups excluding tert-OH is 1. The molecule has 0 aliphatic rings. The Kier molecular flexibility index (Phi) is 7.92. The van der Waals surface area contributed by atoms with Gasteiger partial charge in [-0.25, -0.2) is 0 Å². The zero-order valence-electron chi connectivity index (χ0n) is 12.9. The normalized spacial score (nSPS) is 12.0. The number of hydrogen-bond acceptors (Lipinski definition) is 7. The van der Waals surface area contributed by atoms with Crippen molar-refractivity contribution >= 4 is 29.4 Å². The number of anilines is 1. The van der Waals surface area contributed by atoms with Crippen LogP contribution >= 0.6 is 11.8 Å². The molecular formula is C13H21N3O5S. The predicted molar refractivity (Wildman–Crippen MR) is 82.7 cm³/mol. The molecule has 1 rings (SSSR count). The monoisotopic (exact) mass is 331 g/mol. The lowest BCUT2D eigenvalue weighted by atomic mass is 10.3. The minimum atomic E-state index is -0.720. The first-order chi connectivity index (χ1) is 10.4. The Morgan fingerprint density at radius 2 is 2.27 bits per heavy atom. The minimum Gasteiger partial charge on any atom is -0.389 e. The van der Waals surface area contributed by atoms with Gasteiger partial charge in [-0.15, -0.1) is 11.8 Å². The SMILES string of the molecule is COC[C@@H](O)CN(C)C(=O)CSCC(=O)Nc1cc(C)on1. The van der Waals surface area contributed by atoms with E-state index in [0.29, 0.717) is 11.6 Å². The molecule has 0 saturated carbocycles. The number of carbonyl (C=O) groups excluding carboxylic acids is 2. The van der Waals surface area contributed by atoms with E-state index in [0.717, 1.165) is 0 Å². The van der Waals surface area contributed by atoms with E-state index in [1.165, 1.54) is 23.8 Å². The molecule has 2 amide bonds. The lowest BCUT2D eigenvalue weighted by Crippen LogP contribution is -2.37. The van der Waals surface area contributed by atoms with Crippen LogP contribution in [0.2, 0.25) is 0 Å². The third kappa shape index (κ3) is 6.92. The molecule has 22 heavy (non-hydrogen) atoms. The summed E-state index contributed by atoms with van der Waals surface area (Å²) in [6.45, 7) is 2.09. The number of thioether (sulfide) groups is 1. The molecule has 1 atom stereocenters. The number of hydrogen-bond donors (Lipinski definition) is 2. The smallest absolute Gasteiger partial charge is 0.235 e. The first-order valence-corrected chi connectivity index (χ1v) is 7.79. The number of amides is 2. The highest BCUT2D eigenvalue weighted by Crippen LogP contribution is 2.09. The molecular weight excluding hydrogens is 310 g/mol. The average Bonchev–Trinajstić information content (AvgIpc) is 2.83. The molecule has 0 aliphatic heterocycles. The van der Waals surface area contributed by atoms with E-state index >= 15 is 0 Å². The second kappa shape index (κ2) is 9.44. The third-order valence-electron chi connectivity index (χ3n) is 2.62. The summed E-state index contributed by atoms with van der Waals surface area (Å²) in [5.41, 5.74) is 0. The van der Waals surface area contributed by atoms with E-state index in [1.54, 1.807) is 20.0 Å². The van der Waals surface area contributed by atoms with E-state index in [-0.39, 0.29) is 36.5 Å². The van der Waals surface area contributed by atoms with E-state index in [9.17, 15) is 14.7 Å². The van der Waals surface area contributed by atoms with Gasteiger partial charge < -0.3 is 24.6 Å². The van der Waals surface area contributed by atoms with Gasteiger partial charge in [0.15, 0.2) is 5.82 Å². The second-order valence-corrected chi connectivity index (χ2v) is 5.73. The van der Waals surface area contributed by atoms with Gasteiger partial charge in [-0.1, -0.05) is 5.16 Å². The van der Waals surface area contributed by atoms with Crippen LogP contribution in [0.25, 0.3) is 0 Å². The number of aliphatic hydroxyl groups is 1. The van der Waals surface area contributed by atoms with Crippen LogP contribution in [0.1, 0.15) is 5.76 Å². The van der Waals surface area contributed by atoms with Crippen LogP contribution < -0.4 is 5.32 Å². The molecule has 0 spiro atoms. The maximum absolute atomic E-state index is 11.8. The quantitative estimate of drug-likeness (QED) is 0.662. The van der Waals surface area contributed by atoms with Crippen LogP contribution in [-0.2, 0) is 14.3 Å². The Balaban J connectivity index is 2.22. The average molecular weight is 331 g/mol. The van der Waals surface area contributed by atoms with Crippen molar-refractivity contribution in [2.24, 2.45) is 0 Å². The van der Waals surface area contributed by atoms with Crippen LogP contribution in [0.5, 0.6) is 0 Å². The zero-order chi connectivity index (χ0) is 16.5. The molecule has 0 radical (unpaired) electrons. The van der Waals surface area contributed by atoms with Gasteiger partial charge in [0.2, 0.25) is 11.8 Å². The number of ether oxygens (including phenoxy) is 1. The summed E-state index contributed by atoms with van der Waals surface area (Å²) in [7, 11) is 3.08. The molecule has 0 aromatic carbocycles. The molecule has 0 aliphatic carbocycles. The molecule has 0 saturated heterocycles. The van der Waals surface area contributed by atoms with Crippen molar-refractivity contribution in [2.45, 2.75) is 13.0 Å². The highest BCUT2D eigenvalue weighted by molar-refractivity contribution is 8.00. The maximum atomic E-state index is 11.8. The first-order valence-electron chi connectivity index (χ1n) is 6.64. The molecule has 2 N–H and O–H groups in total. The zero-order valence-corrected chi connectivity index (χ0v) is 13.7. The van der Waals surface area contributed by atoms with Gasteiger partial charge >= 0.3 is 0 Å². The first kappa shape index (κ1) is 18.5. The fourth-order valence-electron chi connectivity index (χ4n) is 1.61. The summed E-state index contributed by atoms with van der Waals surface area (Å²) >= 11 is 1.19. The van der Waals surface area contributed by atoms with E-state index in [2.05, 4.69) is 10.5 Å². The lowest BCUT2D eigenvalue weighted by molar-refractivity contribution is -0.128. The predicted octanol–water partition coefficient (Wildman–Crippen LogP) is 0.120. The highest BCUT2D eigenvalue weighted by Gasteiger charge is 2.14. The van der Waals surface area contributed by atoms with E-state index in [1.807, 2.05) is 0 Å². The Morgan fingerprint density at radius 3 is 2.86 bits per heavy atom. The fourth-order valence-corrected chi connectivity index (χ4v) is 2.36. The summed E-state index contributed by atoms with van der Waals surface area (Å²) in [5.74, 6) is 0.829. The Hall–Kier alpha value is -1.58. The van der Waals surface area contributed by atoms with Gasteiger partial charge in [0.1, 0.15) is 5.76 Å². The molecule has 0 bridgehead atoms. The molecule has 124 valence electrons. The lowest BCUT2D eigenvalue weighted by Gasteiger charge is -2.20. The van der Waals surface area contributed by atoms with Gasteiger partial charge in [0.25, 0.3) is 0 Å². The second-order valence-electron chi connectivity index (χ2n) is 4.75. The summed E-state index contributed by atoms with van der Waals surface area (Å²) in [5, 5.41) is 15.8. The standard InChI is InChI=1S/C13H21N3O5S/c1-9-4-11(15-21-9)14-12(18)7-22-8-13(19)16(2)5-10(17)6-20-3/h4,10,17H,5-8H2,1-3H3,(H,14,15,18)/t10-/m0/s1. The number of aryl methyl sites for hydroxylation is 1. The third-order valence-corrected chi connectivity index (χ3v) is 3.54. The molecule has 0 fully saturated rings. The molecule has 1 aromatic heterocycles. The van der Waals surface area contributed by atoms with Crippen molar-refractivity contribution in [1.29, 1.82) is 0 Å². The number of nitrogens with zero attached hydrogens (tertiary/aromatic N) is 2. The topological polar surface area (TPSA) is 105 Å². The van der Waals surface area contributed by atoms with Crippen LogP contribution in [0.3, 0.4) is 0 Å². The summed E-state index contributed by atoms with van der Waals surface area (Å²) < 4.78 is 9.63. The number of rotatable bonds is 9. The summed E-state index contributed by atoms with van der Waals surface area (Å²) in [6, 6.07) is 1.61. The summed E-state index contributed by atoms with van der Waals surface area (Å²) in [4.78, 5) is 24.9. The van der Waals surface area contributed by atoms with Gasteiger partial charge in [-0.3, -0.25) is 9.59 Å².